The van der Waals surface area contributed by atoms with E-state index in [0.717, 1.165) is 4.47 Å². The Morgan fingerprint density at radius 3 is 2.13 bits per heavy atom. The number of sulfone groups is 1. The van der Waals surface area contributed by atoms with Crippen LogP contribution in [-0.2, 0) is 9.84 Å². The van der Waals surface area contributed by atoms with Crippen molar-refractivity contribution in [1.29, 1.82) is 0 Å². The van der Waals surface area contributed by atoms with Crippen LogP contribution in [0, 0.1) is 0 Å². The average Bonchev–Trinajstić information content (AvgIpc) is 2.00. The smallest absolute Gasteiger partial charge is 0.180 e. The third-order valence-electron chi connectivity index (χ3n) is 1.73. The van der Waals surface area contributed by atoms with Gasteiger partial charge in [0.25, 0.3) is 0 Å². The summed E-state index contributed by atoms with van der Waals surface area (Å²) in [6.45, 7) is 3.40. The summed E-state index contributed by atoms with van der Waals surface area (Å²) < 4.78 is 24.6. The van der Waals surface area contributed by atoms with E-state index in [-0.39, 0.29) is 5.75 Å². The molecule has 5 heteroatoms. The van der Waals surface area contributed by atoms with E-state index in [9.17, 15) is 8.42 Å². The maximum absolute atomic E-state index is 11.9. The topological polar surface area (TPSA) is 60.2 Å². The molecule has 0 bridgehead atoms. The summed E-state index contributed by atoms with van der Waals surface area (Å²) in [6.07, 6.45) is 0. The predicted octanol–water partition coefficient (Wildman–Crippen LogP) is 1.96. The highest BCUT2D eigenvalue weighted by Gasteiger charge is 2.23. The lowest BCUT2D eigenvalue weighted by Gasteiger charge is -2.18. The van der Waals surface area contributed by atoms with Crippen LogP contribution in [0.15, 0.2) is 33.6 Å². The first-order valence-electron chi connectivity index (χ1n) is 4.48. The van der Waals surface area contributed by atoms with Gasteiger partial charge >= 0.3 is 0 Å². The maximum atomic E-state index is 11.9. The molecule has 0 aliphatic heterocycles. The summed E-state index contributed by atoms with van der Waals surface area (Å²) in [5.41, 5.74) is 4.98. The Morgan fingerprint density at radius 1 is 1.27 bits per heavy atom. The minimum absolute atomic E-state index is 0.0539. The van der Waals surface area contributed by atoms with Gasteiger partial charge in [0, 0.05) is 10.0 Å². The van der Waals surface area contributed by atoms with Crippen molar-refractivity contribution in [3.8, 4) is 0 Å². The van der Waals surface area contributed by atoms with Crippen LogP contribution in [0.1, 0.15) is 13.8 Å². The number of rotatable bonds is 3. The van der Waals surface area contributed by atoms with Crippen molar-refractivity contribution in [2.24, 2.45) is 5.73 Å². The monoisotopic (exact) mass is 291 g/mol. The van der Waals surface area contributed by atoms with Crippen LogP contribution in [0.2, 0.25) is 0 Å². The summed E-state index contributed by atoms with van der Waals surface area (Å²) >= 11 is 3.25. The molecule has 0 radical (unpaired) electrons. The van der Waals surface area contributed by atoms with Gasteiger partial charge in [-0.1, -0.05) is 15.9 Å². The first-order chi connectivity index (χ1) is 6.71. The first-order valence-corrected chi connectivity index (χ1v) is 6.92. The number of nitrogens with two attached hydrogens (primary N) is 1. The van der Waals surface area contributed by atoms with Gasteiger partial charge in [0.2, 0.25) is 0 Å². The Hall–Kier alpha value is -0.390. The van der Waals surface area contributed by atoms with E-state index < -0.39 is 15.4 Å². The molecule has 0 heterocycles. The van der Waals surface area contributed by atoms with Crippen LogP contribution < -0.4 is 5.73 Å². The standard InChI is InChI=1S/C10H14BrNO2S/c1-10(2,12)7-15(13,14)9-5-3-8(11)4-6-9/h3-6H,7,12H2,1-2H3. The van der Waals surface area contributed by atoms with Gasteiger partial charge in [0.15, 0.2) is 9.84 Å². The fourth-order valence-corrected chi connectivity index (χ4v) is 3.18. The third kappa shape index (κ3) is 3.93. The van der Waals surface area contributed by atoms with Crippen LogP contribution in [-0.4, -0.2) is 19.7 Å². The quantitative estimate of drug-likeness (QED) is 0.926. The van der Waals surface area contributed by atoms with Gasteiger partial charge in [-0.05, 0) is 38.1 Å². The van der Waals surface area contributed by atoms with E-state index in [2.05, 4.69) is 15.9 Å². The van der Waals surface area contributed by atoms with Crippen LogP contribution >= 0.6 is 15.9 Å². The Bertz CT molecular complexity index is 431. The lowest BCUT2D eigenvalue weighted by molar-refractivity contribution is 0.544. The van der Waals surface area contributed by atoms with Crippen LogP contribution in [0.3, 0.4) is 0 Å². The molecule has 1 aromatic carbocycles. The number of hydrogen-bond donors (Lipinski definition) is 1. The van der Waals surface area contributed by atoms with Crippen molar-refractivity contribution in [3.63, 3.8) is 0 Å². The molecule has 1 aromatic rings. The zero-order valence-electron chi connectivity index (χ0n) is 8.70. The van der Waals surface area contributed by atoms with Crippen molar-refractivity contribution < 1.29 is 8.42 Å². The van der Waals surface area contributed by atoms with Crippen molar-refractivity contribution in [2.75, 3.05) is 5.75 Å². The van der Waals surface area contributed by atoms with Gasteiger partial charge in [0.1, 0.15) is 0 Å². The van der Waals surface area contributed by atoms with Crippen molar-refractivity contribution in [3.05, 3.63) is 28.7 Å². The van der Waals surface area contributed by atoms with Crippen molar-refractivity contribution in [2.45, 2.75) is 24.3 Å². The Kier molecular flexibility index (Phi) is 3.58. The zero-order chi connectivity index (χ0) is 11.7. The van der Waals surface area contributed by atoms with Crippen molar-refractivity contribution in [1.82, 2.24) is 0 Å². The highest BCUT2D eigenvalue weighted by molar-refractivity contribution is 9.10. The molecule has 0 aliphatic carbocycles. The molecule has 0 saturated carbocycles. The second kappa shape index (κ2) is 4.23. The van der Waals surface area contributed by atoms with Crippen molar-refractivity contribution >= 4 is 25.8 Å². The molecule has 3 nitrogen and oxygen atoms in total. The third-order valence-corrected chi connectivity index (χ3v) is 4.38. The largest absolute Gasteiger partial charge is 0.325 e. The second-order valence-corrected chi connectivity index (χ2v) is 7.11. The average molecular weight is 292 g/mol. The minimum Gasteiger partial charge on any atom is -0.325 e. The van der Waals surface area contributed by atoms with E-state index >= 15 is 0 Å². The van der Waals surface area contributed by atoms with Crippen LogP contribution in [0.5, 0.6) is 0 Å². The SMILES string of the molecule is CC(C)(N)CS(=O)(=O)c1ccc(Br)cc1. The van der Waals surface area contributed by atoms with E-state index in [1.807, 2.05) is 0 Å². The molecular formula is C10H14BrNO2S. The van der Waals surface area contributed by atoms with Crippen LogP contribution in [0.25, 0.3) is 0 Å². The highest BCUT2D eigenvalue weighted by atomic mass is 79.9. The summed E-state index contributed by atoms with van der Waals surface area (Å²) in [7, 11) is -3.28. The normalized spacial score (nSPS) is 12.8. The molecule has 1 rings (SSSR count). The van der Waals surface area contributed by atoms with Gasteiger partial charge in [-0.2, -0.15) is 0 Å². The Morgan fingerprint density at radius 2 is 1.73 bits per heavy atom. The lowest BCUT2D eigenvalue weighted by atomic mass is 10.1. The molecule has 0 saturated heterocycles. The molecule has 2 N–H and O–H groups in total. The Labute approximate surface area is 98.7 Å². The molecule has 84 valence electrons. The molecule has 0 aliphatic rings. The van der Waals surface area contributed by atoms with Gasteiger partial charge in [-0.15, -0.1) is 0 Å². The van der Waals surface area contributed by atoms with E-state index in [1.54, 1.807) is 38.1 Å². The van der Waals surface area contributed by atoms with Crippen LogP contribution in [0.4, 0.5) is 0 Å². The molecule has 0 atom stereocenters. The number of hydrogen-bond acceptors (Lipinski definition) is 3. The summed E-state index contributed by atoms with van der Waals surface area (Å²) in [5, 5.41) is 0. The number of halogens is 1. The van der Waals surface area contributed by atoms with Gasteiger partial charge in [-0.3, -0.25) is 0 Å². The first kappa shape index (κ1) is 12.7. The fraction of sp³-hybridized carbons (Fsp3) is 0.400. The summed E-state index contributed by atoms with van der Waals surface area (Å²) in [6, 6.07) is 6.56. The Balaban J connectivity index is 3.02. The van der Waals surface area contributed by atoms with Gasteiger partial charge in [0.05, 0.1) is 10.6 Å². The maximum Gasteiger partial charge on any atom is 0.180 e. The van der Waals surface area contributed by atoms with Gasteiger partial charge < -0.3 is 5.73 Å². The molecule has 15 heavy (non-hydrogen) atoms. The highest BCUT2D eigenvalue weighted by Crippen LogP contribution is 2.18. The predicted molar refractivity (Wildman–Crippen MR) is 64.5 cm³/mol. The molecule has 0 aromatic heterocycles. The van der Waals surface area contributed by atoms with E-state index in [4.69, 9.17) is 5.73 Å². The lowest BCUT2D eigenvalue weighted by Crippen LogP contribution is -2.39. The van der Waals surface area contributed by atoms with E-state index in [1.165, 1.54) is 0 Å². The molecule has 0 amide bonds. The van der Waals surface area contributed by atoms with Gasteiger partial charge in [-0.25, -0.2) is 8.42 Å². The molecular weight excluding hydrogens is 278 g/mol. The fourth-order valence-electron chi connectivity index (χ4n) is 1.22. The zero-order valence-corrected chi connectivity index (χ0v) is 11.1. The minimum atomic E-state index is -3.28. The number of benzene rings is 1. The molecule has 0 fully saturated rings. The molecule has 0 unspecified atom stereocenters. The summed E-state index contributed by atoms with van der Waals surface area (Å²) in [4.78, 5) is 0.309. The van der Waals surface area contributed by atoms with E-state index in [0.29, 0.717) is 4.90 Å². The summed E-state index contributed by atoms with van der Waals surface area (Å²) in [5.74, 6) is -0.0539. The molecule has 0 spiro atoms. The second-order valence-electron chi connectivity index (χ2n) is 4.20.